The number of aromatic nitrogens is 4. The number of methoxy groups -OCH3 is 1. The molecule has 0 aliphatic rings. The van der Waals surface area contributed by atoms with Crippen LogP contribution in [0.4, 0.5) is 5.69 Å². The van der Waals surface area contributed by atoms with E-state index in [1.807, 2.05) is 54.6 Å². The first kappa shape index (κ1) is 19.0. The maximum absolute atomic E-state index is 5.20. The van der Waals surface area contributed by atoms with Crippen LogP contribution < -0.4 is 26.2 Å². The topological polar surface area (TPSA) is 60.8 Å². The Kier molecular flexibility index (Phi) is 6.17. The molecule has 1 aromatic heterocycles. The first-order chi connectivity index (χ1) is 11.6. The van der Waals surface area contributed by atoms with Crippen molar-refractivity contribution in [2.75, 3.05) is 21.2 Å². The molecule has 1 heterocycles. The van der Waals surface area contributed by atoms with Crippen molar-refractivity contribution >= 4 is 5.69 Å². The number of hydrogen-bond donors (Lipinski definition) is 0. The highest BCUT2D eigenvalue weighted by Gasteiger charge is 2.22. The number of nitrogens with zero attached hydrogens (tertiary/aromatic N) is 5. The van der Waals surface area contributed by atoms with Crippen molar-refractivity contribution in [3.8, 4) is 17.1 Å². The number of halogens is 1. The summed E-state index contributed by atoms with van der Waals surface area (Å²) in [4.78, 5) is 0. The molecule has 0 unspecified atom stereocenters. The van der Waals surface area contributed by atoms with Gasteiger partial charge in [0.15, 0.2) is 0 Å². The number of benzene rings is 2. The smallest absolute Gasteiger partial charge is 0.227 e. The predicted octanol–water partition coefficient (Wildman–Crippen LogP) is -0.287. The minimum absolute atomic E-state index is 0. The molecule has 0 atom stereocenters. The second-order valence-electron chi connectivity index (χ2n) is 6.05. The van der Waals surface area contributed by atoms with Crippen LogP contribution in [0.25, 0.3) is 11.4 Å². The monoisotopic (exact) mass is 401 g/mol. The fourth-order valence-corrected chi connectivity index (χ4v) is 2.45. The summed E-state index contributed by atoms with van der Waals surface area (Å²) in [5.41, 5.74) is 2.04. The minimum atomic E-state index is 0. The Labute approximate surface area is 157 Å². The SMILES string of the molecule is COc1ccc([N+](C)(C)Cc2nnc(-c3ccccc3)nn2)cc1.[Br-]. The Hall–Kier alpha value is -2.38. The molecule has 0 fully saturated rings. The van der Waals surface area contributed by atoms with E-state index in [1.54, 1.807) is 7.11 Å². The molecular weight excluding hydrogens is 382 g/mol. The summed E-state index contributed by atoms with van der Waals surface area (Å²) in [5, 5.41) is 16.9. The lowest BCUT2D eigenvalue weighted by molar-refractivity contribution is -0.00000570. The largest absolute Gasteiger partial charge is 1.00 e. The van der Waals surface area contributed by atoms with Gasteiger partial charge < -0.3 is 21.7 Å². The van der Waals surface area contributed by atoms with Crippen LogP contribution >= 0.6 is 0 Å². The minimum Gasteiger partial charge on any atom is -1.00 e. The van der Waals surface area contributed by atoms with Crippen LogP contribution in [0.3, 0.4) is 0 Å². The molecule has 7 heteroatoms. The molecule has 6 nitrogen and oxygen atoms in total. The van der Waals surface area contributed by atoms with Gasteiger partial charge in [-0.25, -0.2) is 0 Å². The Morgan fingerprint density at radius 1 is 0.840 bits per heavy atom. The molecule has 3 aromatic rings. The zero-order chi connectivity index (χ0) is 17.0. The number of ether oxygens (including phenoxy) is 1. The van der Waals surface area contributed by atoms with Crippen LogP contribution in [0.2, 0.25) is 0 Å². The molecule has 3 rings (SSSR count). The van der Waals surface area contributed by atoms with Gasteiger partial charge in [0.25, 0.3) is 0 Å². The zero-order valence-corrected chi connectivity index (χ0v) is 16.0. The van der Waals surface area contributed by atoms with Crippen LogP contribution in [-0.2, 0) is 6.54 Å². The van der Waals surface area contributed by atoms with E-state index in [4.69, 9.17) is 4.74 Å². The number of rotatable bonds is 5. The van der Waals surface area contributed by atoms with Gasteiger partial charge in [-0.2, -0.15) is 0 Å². The molecule has 2 aromatic carbocycles. The van der Waals surface area contributed by atoms with Gasteiger partial charge in [0.1, 0.15) is 18.0 Å². The maximum Gasteiger partial charge on any atom is 0.227 e. The van der Waals surface area contributed by atoms with E-state index in [0.29, 0.717) is 22.7 Å². The molecule has 0 saturated carbocycles. The molecule has 0 aliphatic heterocycles. The van der Waals surface area contributed by atoms with Gasteiger partial charge in [-0.3, -0.25) is 4.48 Å². The summed E-state index contributed by atoms with van der Waals surface area (Å²) in [6, 6.07) is 17.7. The van der Waals surface area contributed by atoms with Crippen molar-refractivity contribution < 1.29 is 21.7 Å². The summed E-state index contributed by atoms with van der Waals surface area (Å²) in [6.07, 6.45) is 0. The second kappa shape index (κ2) is 8.13. The molecule has 25 heavy (non-hydrogen) atoms. The lowest BCUT2D eigenvalue weighted by Gasteiger charge is -2.28. The Morgan fingerprint density at radius 3 is 2.00 bits per heavy atom. The van der Waals surface area contributed by atoms with E-state index < -0.39 is 0 Å². The summed E-state index contributed by atoms with van der Waals surface area (Å²) in [5.74, 6) is 1.98. The van der Waals surface area contributed by atoms with Crippen molar-refractivity contribution in [3.05, 3.63) is 60.4 Å². The summed E-state index contributed by atoms with van der Waals surface area (Å²) < 4.78 is 5.80. The molecule has 0 N–H and O–H groups in total. The Bertz CT molecular complexity index is 792. The molecule has 0 radical (unpaired) electrons. The summed E-state index contributed by atoms with van der Waals surface area (Å²) in [6.45, 7) is 0.599. The maximum atomic E-state index is 5.20. The van der Waals surface area contributed by atoms with Crippen molar-refractivity contribution in [3.63, 3.8) is 0 Å². The predicted molar refractivity (Wildman–Crippen MR) is 93.4 cm³/mol. The highest BCUT2D eigenvalue weighted by Crippen LogP contribution is 2.24. The third-order valence-corrected chi connectivity index (χ3v) is 3.86. The molecular formula is C18H20BrN5O. The number of hydrogen-bond acceptors (Lipinski definition) is 5. The van der Waals surface area contributed by atoms with E-state index in [1.165, 1.54) is 0 Å². The first-order valence-electron chi connectivity index (χ1n) is 7.68. The molecule has 130 valence electrons. The third kappa shape index (κ3) is 4.58. The lowest BCUT2D eigenvalue weighted by Crippen LogP contribution is -3.00. The van der Waals surface area contributed by atoms with E-state index in [2.05, 4.69) is 34.5 Å². The molecule has 0 amide bonds. The molecule has 0 saturated heterocycles. The van der Waals surface area contributed by atoms with Crippen LogP contribution in [0.5, 0.6) is 5.75 Å². The van der Waals surface area contributed by atoms with Crippen molar-refractivity contribution in [1.82, 2.24) is 24.9 Å². The van der Waals surface area contributed by atoms with E-state index in [0.717, 1.165) is 17.0 Å². The van der Waals surface area contributed by atoms with Crippen LogP contribution in [0.15, 0.2) is 54.6 Å². The average Bonchev–Trinajstić information content (AvgIpc) is 2.63. The fraction of sp³-hybridized carbons (Fsp3) is 0.222. The van der Waals surface area contributed by atoms with Gasteiger partial charge in [-0.1, -0.05) is 30.3 Å². The Balaban J connectivity index is 0.00000225. The van der Waals surface area contributed by atoms with Crippen LogP contribution in [0.1, 0.15) is 5.82 Å². The van der Waals surface area contributed by atoms with Crippen molar-refractivity contribution in [2.45, 2.75) is 6.54 Å². The van der Waals surface area contributed by atoms with Crippen molar-refractivity contribution in [1.29, 1.82) is 0 Å². The lowest BCUT2D eigenvalue weighted by atomic mass is 10.2. The number of quaternary nitrogens is 1. The normalized spacial score (nSPS) is 10.8. The average molecular weight is 402 g/mol. The molecule has 0 spiro atoms. The van der Waals surface area contributed by atoms with E-state index >= 15 is 0 Å². The van der Waals surface area contributed by atoms with Crippen LogP contribution in [-0.4, -0.2) is 41.6 Å². The van der Waals surface area contributed by atoms with Crippen molar-refractivity contribution in [2.24, 2.45) is 0 Å². The van der Waals surface area contributed by atoms with Gasteiger partial charge in [0.05, 0.1) is 21.2 Å². The quantitative estimate of drug-likeness (QED) is 0.550. The third-order valence-electron chi connectivity index (χ3n) is 3.86. The highest BCUT2D eigenvalue weighted by atomic mass is 79.9. The van der Waals surface area contributed by atoms with Gasteiger partial charge in [-0.15, -0.1) is 20.4 Å². The summed E-state index contributed by atoms with van der Waals surface area (Å²) >= 11 is 0. The van der Waals surface area contributed by atoms with E-state index in [9.17, 15) is 0 Å². The van der Waals surface area contributed by atoms with E-state index in [-0.39, 0.29) is 17.0 Å². The van der Waals surface area contributed by atoms with Gasteiger partial charge >= 0.3 is 0 Å². The van der Waals surface area contributed by atoms with Gasteiger partial charge in [0, 0.05) is 17.7 Å². The first-order valence-corrected chi connectivity index (χ1v) is 7.68. The van der Waals surface area contributed by atoms with Crippen LogP contribution in [0, 0.1) is 0 Å². The molecule has 0 bridgehead atoms. The highest BCUT2D eigenvalue weighted by molar-refractivity contribution is 5.53. The van der Waals surface area contributed by atoms with Gasteiger partial charge in [-0.05, 0) is 12.1 Å². The Morgan fingerprint density at radius 2 is 1.44 bits per heavy atom. The zero-order valence-electron chi connectivity index (χ0n) is 14.4. The molecule has 0 aliphatic carbocycles. The van der Waals surface area contributed by atoms with Gasteiger partial charge in [0.2, 0.25) is 11.6 Å². The standard InChI is InChI=1S/C18H20N5O.BrH/c1-23(2,15-9-11-16(24-3)12-10-15)13-17-19-21-18(22-20-17)14-7-5-4-6-8-14;/h4-12H,13H2,1-3H3;1H/q+1;/p-1. The fourth-order valence-electron chi connectivity index (χ4n) is 2.45. The summed E-state index contributed by atoms with van der Waals surface area (Å²) in [7, 11) is 5.85. The second-order valence-corrected chi connectivity index (χ2v) is 6.05.